The average Bonchev–Trinajstić information content (AvgIpc) is 2.80. The predicted octanol–water partition coefficient (Wildman–Crippen LogP) is 6.08. The van der Waals surface area contributed by atoms with Crippen LogP contribution in [-0.2, 0) is 4.79 Å². The minimum atomic E-state index is -0.170. The van der Waals surface area contributed by atoms with Crippen LogP contribution in [0.2, 0.25) is 0 Å². The first-order valence-electron chi connectivity index (χ1n) is 10.4. The maximum absolute atomic E-state index is 12.9. The second kappa shape index (κ2) is 9.35. The van der Waals surface area contributed by atoms with Crippen molar-refractivity contribution >= 4 is 28.3 Å². The van der Waals surface area contributed by atoms with E-state index < -0.39 is 0 Å². The topological polar surface area (TPSA) is 67.4 Å². The van der Waals surface area contributed by atoms with Crippen LogP contribution in [0.25, 0.3) is 10.8 Å². The van der Waals surface area contributed by atoms with Crippen molar-refractivity contribution in [2.24, 2.45) is 0 Å². The van der Waals surface area contributed by atoms with Crippen molar-refractivity contribution in [1.29, 1.82) is 0 Å². The fourth-order valence-corrected chi connectivity index (χ4v) is 3.63. The van der Waals surface area contributed by atoms with E-state index >= 15 is 0 Å². The number of hydrogen-bond acceptors (Lipinski definition) is 3. The zero-order chi connectivity index (χ0) is 22.5. The van der Waals surface area contributed by atoms with Crippen molar-refractivity contribution in [3.63, 3.8) is 0 Å². The third-order valence-corrected chi connectivity index (χ3v) is 5.14. The molecule has 5 heteroatoms. The van der Waals surface area contributed by atoms with Crippen LogP contribution in [0.5, 0.6) is 11.5 Å². The van der Waals surface area contributed by atoms with Gasteiger partial charge in [0.1, 0.15) is 11.5 Å². The number of carbonyl (C=O) groups excluding carboxylic acids is 2. The maximum atomic E-state index is 12.9. The van der Waals surface area contributed by atoms with Gasteiger partial charge in [0.25, 0.3) is 5.91 Å². The van der Waals surface area contributed by atoms with Crippen LogP contribution in [0.1, 0.15) is 35.8 Å². The van der Waals surface area contributed by atoms with E-state index in [2.05, 4.69) is 28.8 Å². The van der Waals surface area contributed by atoms with E-state index in [9.17, 15) is 9.59 Å². The summed E-state index contributed by atoms with van der Waals surface area (Å²) >= 11 is 0. The first-order valence-corrected chi connectivity index (χ1v) is 10.4. The molecule has 4 rings (SSSR count). The van der Waals surface area contributed by atoms with Crippen molar-refractivity contribution in [3.8, 4) is 11.5 Å². The highest BCUT2D eigenvalue weighted by Gasteiger charge is 2.14. The summed E-state index contributed by atoms with van der Waals surface area (Å²) in [6.45, 7) is 3.44. The van der Waals surface area contributed by atoms with E-state index in [-0.39, 0.29) is 17.9 Å². The Morgan fingerprint density at radius 1 is 0.812 bits per heavy atom. The second-order valence-electron chi connectivity index (χ2n) is 7.60. The normalized spacial score (nSPS) is 11.6. The first kappa shape index (κ1) is 21.1. The summed E-state index contributed by atoms with van der Waals surface area (Å²) in [7, 11) is 0. The van der Waals surface area contributed by atoms with Gasteiger partial charge in [0.2, 0.25) is 5.91 Å². The molecule has 0 fully saturated rings. The summed E-state index contributed by atoms with van der Waals surface area (Å²) in [4.78, 5) is 24.1. The highest BCUT2D eigenvalue weighted by Crippen LogP contribution is 2.26. The summed E-state index contributed by atoms with van der Waals surface area (Å²) in [5.41, 5.74) is 2.29. The monoisotopic (exact) mass is 424 g/mol. The van der Waals surface area contributed by atoms with Crippen LogP contribution in [-0.4, -0.2) is 11.8 Å². The Hall–Kier alpha value is -4.12. The molecule has 0 aliphatic heterocycles. The molecule has 0 heterocycles. The van der Waals surface area contributed by atoms with Gasteiger partial charge in [0, 0.05) is 18.2 Å². The number of nitrogens with one attached hydrogen (secondary N) is 2. The lowest BCUT2D eigenvalue weighted by atomic mass is 9.99. The van der Waals surface area contributed by atoms with Gasteiger partial charge in [-0.1, -0.05) is 48.5 Å². The van der Waals surface area contributed by atoms with Crippen molar-refractivity contribution in [3.05, 3.63) is 102 Å². The van der Waals surface area contributed by atoms with Crippen LogP contribution < -0.4 is 15.4 Å². The van der Waals surface area contributed by atoms with Crippen LogP contribution in [0.3, 0.4) is 0 Å². The molecule has 0 unspecified atom stereocenters. The summed E-state index contributed by atoms with van der Waals surface area (Å²) in [5.74, 6) is 0.871. The van der Waals surface area contributed by atoms with E-state index in [1.165, 1.54) is 6.92 Å². The third kappa shape index (κ3) is 4.95. The molecule has 0 radical (unpaired) electrons. The van der Waals surface area contributed by atoms with Gasteiger partial charge in [-0.3, -0.25) is 9.59 Å². The molecular weight excluding hydrogens is 400 g/mol. The molecule has 0 spiro atoms. The van der Waals surface area contributed by atoms with Crippen molar-refractivity contribution in [2.45, 2.75) is 19.9 Å². The molecule has 0 saturated heterocycles. The number of anilines is 1. The number of hydrogen-bond donors (Lipinski definition) is 2. The third-order valence-electron chi connectivity index (χ3n) is 5.14. The predicted molar refractivity (Wildman–Crippen MR) is 127 cm³/mol. The minimum absolute atomic E-state index is 0.130. The van der Waals surface area contributed by atoms with Gasteiger partial charge < -0.3 is 15.4 Å². The SMILES string of the molecule is CC(=O)Nc1ccc(Oc2cccc(C(=O)N[C@H](C)c3cccc4ccccc34)c2)cc1. The Morgan fingerprint density at radius 2 is 1.53 bits per heavy atom. The standard InChI is InChI=1S/C27H24N2O3/c1-18(25-12-6-8-20-7-3-4-11-26(20)25)28-27(31)21-9-5-10-24(17-21)32-23-15-13-22(14-16-23)29-19(2)30/h3-18H,1-2H3,(H,28,31)(H,29,30)/t18-/m1/s1. The number of fused-ring (bicyclic) bond motifs is 1. The van der Waals surface area contributed by atoms with Gasteiger partial charge in [-0.25, -0.2) is 0 Å². The largest absolute Gasteiger partial charge is 0.457 e. The molecule has 0 bridgehead atoms. The smallest absolute Gasteiger partial charge is 0.251 e. The lowest BCUT2D eigenvalue weighted by molar-refractivity contribution is -0.114. The highest BCUT2D eigenvalue weighted by atomic mass is 16.5. The van der Waals surface area contributed by atoms with Crippen LogP contribution in [0.4, 0.5) is 5.69 Å². The summed E-state index contributed by atoms with van der Waals surface area (Å²) in [6, 6.07) is 28.2. The molecule has 2 N–H and O–H groups in total. The Labute approximate surface area is 187 Å². The molecule has 4 aromatic carbocycles. The van der Waals surface area contributed by atoms with E-state index in [1.54, 1.807) is 48.5 Å². The Morgan fingerprint density at radius 3 is 2.31 bits per heavy atom. The molecule has 0 aliphatic rings. The number of amides is 2. The number of carbonyl (C=O) groups is 2. The molecule has 2 amide bonds. The molecule has 0 saturated carbocycles. The van der Waals surface area contributed by atoms with Gasteiger partial charge in [-0.2, -0.15) is 0 Å². The van der Waals surface area contributed by atoms with Gasteiger partial charge in [0.15, 0.2) is 0 Å². The number of ether oxygens (including phenoxy) is 1. The zero-order valence-electron chi connectivity index (χ0n) is 18.0. The Bertz CT molecular complexity index is 1260. The highest BCUT2D eigenvalue weighted by molar-refractivity contribution is 5.95. The van der Waals surface area contributed by atoms with Gasteiger partial charge in [0.05, 0.1) is 6.04 Å². The molecule has 4 aromatic rings. The van der Waals surface area contributed by atoms with Crippen molar-refractivity contribution in [2.75, 3.05) is 5.32 Å². The van der Waals surface area contributed by atoms with Gasteiger partial charge >= 0.3 is 0 Å². The summed E-state index contributed by atoms with van der Waals surface area (Å²) in [6.07, 6.45) is 0. The quantitative estimate of drug-likeness (QED) is 0.394. The Balaban J connectivity index is 1.46. The molecule has 5 nitrogen and oxygen atoms in total. The van der Waals surface area contributed by atoms with Crippen molar-refractivity contribution < 1.29 is 14.3 Å². The fourth-order valence-electron chi connectivity index (χ4n) is 3.63. The van der Waals surface area contributed by atoms with E-state index in [0.717, 1.165) is 16.3 Å². The number of rotatable bonds is 6. The fraction of sp³-hybridized carbons (Fsp3) is 0.111. The van der Waals surface area contributed by atoms with E-state index in [4.69, 9.17) is 4.74 Å². The molecular formula is C27H24N2O3. The molecule has 1 atom stereocenters. The minimum Gasteiger partial charge on any atom is -0.457 e. The summed E-state index contributed by atoms with van der Waals surface area (Å²) < 4.78 is 5.88. The van der Waals surface area contributed by atoms with Crippen LogP contribution >= 0.6 is 0 Å². The maximum Gasteiger partial charge on any atom is 0.251 e. The number of benzene rings is 4. The molecule has 0 aliphatic carbocycles. The molecule has 160 valence electrons. The lowest BCUT2D eigenvalue weighted by Crippen LogP contribution is -2.26. The van der Waals surface area contributed by atoms with Crippen LogP contribution in [0.15, 0.2) is 91.0 Å². The van der Waals surface area contributed by atoms with Gasteiger partial charge in [-0.15, -0.1) is 0 Å². The van der Waals surface area contributed by atoms with Gasteiger partial charge in [-0.05, 0) is 65.7 Å². The first-order chi connectivity index (χ1) is 15.5. The molecule has 0 aromatic heterocycles. The average molecular weight is 425 g/mol. The molecule has 32 heavy (non-hydrogen) atoms. The van der Waals surface area contributed by atoms with Crippen LogP contribution in [0, 0.1) is 0 Å². The van der Waals surface area contributed by atoms with E-state index in [0.29, 0.717) is 22.7 Å². The lowest BCUT2D eigenvalue weighted by Gasteiger charge is -2.17. The zero-order valence-corrected chi connectivity index (χ0v) is 18.0. The summed E-state index contributed by atoms with van der Waals surface area (Å²) in [5, 5.41) is 8.07. The van der Waals surface area contributed by atoms with Crippen molar-refractivity contribution in [1.82, 2.24) is 5.32 Å². The second-order valence-corrected chi connectivity index (χ2v) is 7.60. The Kier molecular flexibility index (Phi) is 6.17. The van der Waals surface area contributed by atoms with E-state index in [1.807, 2.05) is 31.2 Å².